The highest BCUT2D eigenvalue weighted by molar-refractivity contribution is 9.10. The molecule has 0 saturated heterocycles. The lowest BCUT2D eigenvalue weighted by Gasteiger charge is -2.06. The standard InChI is InChI=1S/C13H13BrFNS/c1-2-16-6-10-4-3-9(5-13(10)15)11-7-17-8-12(11)14/h3-5,7-8,16H,2,6H2,1H3. The molecule has 17 heavy (non-hydrogen) atoms. The van der Waals surface area contributed by atoms with Crippen molar-refractivity contribution >= 4 is 27.3 Å². The SMILES string of the molecule is CCNCc1ccc(-c2cscc2Br)cc1F. The molecule has 0 aliphatic heterocycles. The maximum Gasteiger partial charge on any atom is 0.128 e. The highest BCUT2D eigenvalue weighted by Gasteiger charge is 2.07. The molecule has 0 amide bonds. The fourth-order valence-corrected chi connectivity index (χ4v) is 3.14. The van der Waals surface area contributed by atoms with Crippen molar-refractivity contribution in [2.45, 2.75) is 13.5 Å². The van der Waals surface area contributed by atoms with E-state index in [9.17, 15) is 4.39 Å². The Morgan fingerprint density at radius 3 is 2.76 bits per heavy atom. The minimum atomic E-state index is -0.151. The van der Waals surface area contributed by atoms with Gasteiger partial charge in [0.1, 0.15) is 5.82 Å². The highest BCUT2D eigenvalue weighted by atomic mass is 79.9. The van der Waals surface area contributed by atoms with Crippen molar-refractivity contribution in [2.24, 2.45) is 0 Å². The van der Waals surface area contributed by atoms with Gasteiger partial charge in [0.05, 0.1) is 0 Å². The molecular formula is C13H13BrFNS. The molecule has 0 aliphatic carbocycles. The van der Waals surface area contributed by atoms with Gasteiger partial charge in [0.15, 0.2) is 0 Å². The molecule has 1 aromatic heterocycles. The van der Waals surface area contributed by atoms with Gasteiger partial charge in [-0.05, 0) is 39.5 Å². The van der Waals surface area contributed by atoms with Crippen molar-refractivity contribution in [3.8, 4) is 11.1 Å². The van der Waals surface area contributed by atoms with Crippen molar-refractivity contribution in [2.75, 3.05) is 6.54 Å². The average Bonchev–Trinajstić information content (AvgIpc) is 2.74. The average molecular weight is 314 g/mol. The van der Waals surface area contributed by atoms with Crippen LogP contribution in [0.25, 0.3) is 11.1 Å². The number of hydrogen-bond donors (Lipinski definition) is 1. The maximum atomic E-state index is 13.8. The molecule has 0 bridgehead atoms. The van der Waals surface area contributed by atoms with E-state index in [2.05, 4.69) is 21.2 Å². The third kappa shape index (κ3) is 2.94. The summed E-state index contributed by atoms with van der Waals surface area (Å²) in [6, 6.07) is 5.40. The fraction of sp³-hybridized carbons (Fsp3) is 0.231. The smallest absolute Gasteiger partial charge is 0.128 e. The molecule has 4 heteroatoms. The normalized spacial score (nSPS) is 10.8. The number of thiophene rings is 1. The Morgan fingerprint density at radius 1 is 1.35 bits per heavy atom. The lowest BCUT2D eigenvalue weighted by atomic mass is 10.1. The van der Waals surface area contributed by atoms with E-state index in [1.54, 1.807) is 17.4 Å². The summed E-state index contributed by atoms with van der Waals surface area (Å²) in [6.45, 7) is 3.43. The molecule has 0 spiro atoms. The van der Waals surface area contributed by atoms with Crippen LogP contribution < -0.4 is 5.32 Å². The van der Waals surface area contributed by atoms with E-state index in [0.29, 0.717) is 12.1 Å². The second-order valence-corrected chi connectivity index (χ2v) is 5.32. The van der Waals surface area contributed by atoms with Crippen LogP contribution in [0, 0.1) is 5.82 Å². The molecule has 1 N–H and O–H groups in total. The second-order valence-electron chi connectivity index (χ2n) is 3.72. The summed E-state index contributed by atoms with van der Waals surface area (Å²) in [5.41, 5.74) is 2.67. The lowest BCUT2D eigenvalue weighted by Crippen LogP contribution is -2.12. The first-order chi connectivity index (χ1) is 8.22. The summed E-state index contributed by atoms with van der Waals surface area (Å²) in [5, 5.41) is 7.14. The van der Waals surface area contributed by atoms with Crippen LogP contribution in [0.4, 0.5) is 4.39 Å². The number of hydrogen-bond acceptors (Lipinski definition) is 2. The van der Waals surface area contributed by atoms with Gasteiger partial charge in [-0.3, -0.25) is 0 Å². The minimum absolute atomic E-state index is 0.151. The minimum Gasteiger partial charge on any atom is -0.313 e. The van der Waals surface area contributed by atoms with Crippen molar-refractivity contribution in [1.29, 1.82) is 0 Å². The number of benzene rings is 1. The van der Waals surface area contributed by atoms with Crippen LogP contribution in [0.5, 0.6) is 0 Å². The van der Waals surface area contributed by atoms with Crippen molar-refractivity contribution in [3.63, 3.8) is 0 Å². The highest BCUT2D eigenvalue weighted by Crippen LogP contribution is 2.32. The van der Waals surface area contributed by atoms with Crippen LogP contribution in [0.3, 0.4) is 0 Å². The van der Waals surface area contributed by atoms with Gasteiger partial charge >= 0.3 is 0 Å². The Bertz CT molecular complexity index is 510. The zero-order valence-corrected chi connectivity index (χ0v) is 11.9. The first-order valence-corrected chi connectivity index (χ1v) is 7.17. The molecule has 1 heterocycles. The molecular weight excluding hydrogens is 301 g/mol. The molecule has 0 saturated carbocycles. The Balaban J connectivity index is 2.28. The van der Waals surface area contributed by atoms with Gasteiger partial charge in [-0.15, -0.1) is 0 Å². The zero-order chi connectivity index (χ0) is 12.3. The molecule has 2 rings (SSSR count). The van der Waals surface area contributed by atoms with Crippen LogP contribution in [0.15, 0.2) is 33.4 Å². The number of nitrogens with one attached hydrogen (secondary N) is 1. The van der Waals surface area contributed by atoms with E-state index in [0.717, 1.165) is 22.1 Å². The summed E-state index contributed by atoms with van der Waals surface area (Å²) >= 11 is 5.07. The van der Waals surface area contributed by atoms with Crippen molar-refractivity contribution in [1.82, 2.24) is 5.32 Å². The second kappa shape index (κ2) is 5.76. The molecule has 1 aromatic carbocycles. The molecule has 1 nitrogen and oxygen atoms in total. The number of rotatable bonds is 4. The fourth-order valence-electron chi connectivity index (χ4n) is 1.61. The molecule has 90 valence electrons. The van der Waals surface area contributed by atoms with Crippen molar-refractivity contribution in [3.05, 3.63) is 44.8 Å². The summed E-state index contributed by atoms with van der Waals surface area (Å²) < 4.78 is 14.9. The third-order valence-corrected chi connectivity index (χ3v) is 4.25. The van der Waals surface area contributed by atoms with E-state index in [1.807, 2.05) is 29.8 Å². The van der Waals surface area contributed by atoms with E-state index in [-0.39, 0.29) is 5.82 Å². The summed E-state index contributed by atoms with van der Waals surface area (Å²) in [5.74, 6) is -0.151. The predicted molar refractivity (Wildman–Crippen MR) is 74.8 cm³/mol. The van der Waals surface area contributed by atoms with Gasteiger partial charge in [0.25, 0.3) is 0 Å². The van der Waals surface area contributed by atoms with E-state index < -0.39 is 0 Å². The van der Waals surface area contributed by atoms with Gasteiger partial charge in [0, 0.05) is 27.5 Å². The van der Waals surface area contributed by atoms with E-state index in [4.69, 9.17) is 0 Å². The van der Waals surface area contributed by atoms with E-state index >= 15 is 0 Å². The van der Waals surface area contributed by atoms with Gasteiger partial charge in [-0.2, -0.15) is 11.3 Å². The number of halogens is 2. The van der Waals surface area contributed by atoms with Gasteiger partial charge in [-0.25, -0.2) is 4.39 Å². The van der Waals surface area contributed by atoms with Crippen LogP contribution in [0.1, 0.15) is 12.5 Å². The largest absolute Gasteiger partial charge is 0.313 e. The van der Waals surface area contributed by atoms with Gasteiger partial charge < -0.3 is 5.32 Å². The summed E-state index contributed by atoms with van der Waals surface area (Å²) in [7, 11) is 0. The van der Waals surface area contributed by atoms with Crippen LogP contribution >= 0.6 is 27.3 Å². The molecule has 0 unspecified atom stereocenters. The Hall–Kier alpha value is -0.710. The lowest BCUT2D eigenvalue weighted by molar-refractivity contribution is 0.594. The molecule has 0 aliphatic rings. The zero-order valence-electron chi connectivity index (χ0n) is 9.47. The predicted octanol–water partition coefficient (Wildman–Crippen LogP) is 4.43. The summed E-state index contributed by atoms with van der Waals surface area (Å²) in [4.78, 5) is 0. The first kappa shape index (κ1) is 12.7. The van der Waals surface area contributed by atoms with Crippen LogP contribution in [0.2, 0.25) is 0 Å². The molecule has 0 radical (unpaired) electrons. The Labute approximate surface area is 113 Å². The van der Waals surface area contributed by atoms with E-state index in [1.165, 1.54) is 0 Å². The summed E-state index contributed by atoms with van der Waals surface area (Å²) in [6.07, 6.45) is 0. The van der Waals surface area contributed by atoms with Crippen LogP contribution in [-0.2, 0) is 6.54 Å². The topological polar surface area (TPSA) is 12.0 Å². The van der Waals surface area contributed by atoms with Gasteiger partial charge in [0.2, 0.25) is 0 Å². The van der Waals surface area contributed by atoms with Gasteiger partial charge in [-0.1, -0.05) is 19.1 Å². The monoisotopic (exact) mass is 313 g/mol. The first-order valence-electron chi connectivity index (χ1n) is 5.43. The quantitative estimate of drug-likeness (QED) is 0.880. The van der Waals surface area contributed by atoms with Crippen LogP contribution in [-0.4, -0.2) is 6.54 Å². The molecule has 0 fully saturated rings. The molecule has 2 aromatic rings. The van der Waals surface area contributed by atoms with Crippen molar-refractivity contribution < 1.29 is 4.39 Å². The Morgan fingerprint density at radius 2 is 2.18 bits per heavy atom. The Kier molecular flexibility index (Phi) is 4.31. The maximum absolute atomic E-state index is 13.8. The molecule has 0 atom stereocenters. The third-order valence-electron chi connectivity index (χ3n) is 2.54.